The lowest BCUT2D eigenvalue weighted by Gasteiger charge is -2.23. The highest BCUT2D eigenvalue weighted by molar-refractivity contribution is 5.39. The molecule has 6 nitrogen and oxygen atoms in total. The summed E-state index contributed by atoms with van der Waals surface area (Å²) in [5, 5.41) is 22.5. The molecule has 0 amide bonds. The van der Waals surface area contributed by atoms with Gasteiger partial charge in [-0.1, -0.05) is 6.92 Å². The molecule has 114 valence electrons. The van der Waals surface area contributed by atoms with Crippen molar-refractivity contribution < 1.29 is 18.4 Å². The number of halogens is 2. The second-order valence-electron chi connectivity index (χ2n) is 4.65. The van der Waals surface area contributed by atoms with Crippen molar-refractivity contribution in [2.45, 2.75) is 25.8 Å². The molecule has 1 unspecified atom stereocenters. The summed E-state index contributed by atoms with van der Waals surface area (Å²) in [5.41, 5.74) is -2.03. The maximum Gasteiger partial charge on any atom is 0.307 e. The molecule has 8 heteroatoms. The zero-order valence-corrected chi connectivity index (χ0v) is 11.7. The Labute approximate surface area is 120 Å². The van der Waals surface area contributed by atoms with Gasteiger partial charge in [0.25, 0.3) is 0 Å². The average Bonchev–Trinajstić information content (AvgIpc) is 2.45. The standard InChI is InChI=1S/C13H15F2N3O3/c1-3-4-17-13(2,7-16)8-21-12-6-9(14)11(18(19)20)5-10(12)15/h5-6,17H,3-4,8H2,1-2H3. The van der Waals surface area contributed by atoms with Crippen LogP contribution >= 0.6 is 0 Å². The Morgan fingerprint density at radius 3 is 2.67 bits per heavy atom. The summed E-state index contributed by atoms with van der Waals surface area (Å²) in [6.45, 7) is 3.81. The number of hydrogen-bond acceptors (Lipinski definition) is 5. The summed E-state index contributed by atoms with van der Waals surface area (Å²) in [6.07, 6.45) is 0.789. The monoisotopic (exact) mass is 299 g/mol. The van der Waals surface area contributed by atoms with Crippen molar-refractivity contribution in [3.05, 3.63) is 33.9 Å². The first-order chi connectivity index (χ1) is 9.83. The average molecular weight is 299 g/mol. The maximum atomic E-state index is 13.6. The van der Waals surface area contributed by atoms with E-state index >= 15 is 0 Å². The minimum absolute atomic E-state index is 0.225. The van der Waals surface area contributed by atoms with Crippen LogP contribution in [0, 0.1) is 33.1 Å². The lowest BCUT2D eigenvalue weighted by Crippen LogP contribution is -2.46. The number of nitriles is 1. The molecular weight excluding hydrogens is 284 g/mol. The van der Waals surface area contributed by atoms with E-state index in [9.17, 15) is 18.9 Å². The maximum absolute atomic E-state index is 13.6. The minimum Gasteiger partial charge on any atom is -0.487 e. The van der Waals surface area contributed by atoms with Crippen LogP contribution in [0.1, 0.15) is 20.3 Å². The van der Waals surface area contributed by atoms with E-state index in [1.807, 2.05) is 13.0 Å². The second kappa shape index (κ2) is 6.95. The molecule has 0 saturated heterocycles. The topological polar surface area (TPSA) is 88.2 Å². The third-order valence-electron chi connectivity index (χ3n) is 2.73. The van der Waals surface area contributed by atoms with Gasteiger partial charge in [0.2, 0.25) is 5.82 Å². The van der Waals surface area contributed by atoms with E-state index < -0.39 is 33.5 Å². The van der Waals surface area contributed by atoms with E-state index in [2.05, 4.69) is 5.32 Å². The molecule has 21 heavy (non-hydrogen) atoms. The molecule has 0 aliphatic heterocycles. The smallest absolute Gasteiger partial charge is 0.307 e. The van der Waals surface area contributed by atoms with Gasteiger partial charge >= 0.3 is 5.69 Å². The Balaban J connectivity index is 2.87. The fraction of sp³-hybridized carbons (Fsp3) is 0.462. The number of ether oxygens (including phenoxy) is 1. The fourth-order valence-electron chi connectivity index (χ4n) is 1.51. The highest BCUT2D eigenvalue weighted by atomic mass is 19.1. The lowest BCUT2D eigenvalue weighted by atomic mass is 10.1. The highest BCUT2D eigenvalue weighted by Crippen LogP contribution is 2.26. The molecular formula is C13H15F2N3O3. The Bertz CT molecular complexity index is 575. The first-order valence-electron chi connectivity index (χ1n) is 6.25. The number of hydrogen-bond donors (Lipinski definition) is 1. The van der Waals surface area contributed by atoms with E-state index in [0.717, 1.165) is 6.42 Å². The number of rotatable bonds is 7. The van der Waals surface area contributed by atoms with Crippen molar-refractivity contribution >= 4 is 5.69 Å². The number of nitrogens with one attached hydrogen (secondary N) is 1. The largest absolute Gasteiger partial charge is 0.487 e. The van der Waals surface area contributed by atoms with Crippen molar-refractivity contribution in [1.29, 1.82) is 5.26 Å². The van der Waals surface area contributed by atoms with Crippen LogP contribution in [0.15, 0.2) is 12.1 Å². The minimum atomic E-state index is -1.20. The summed E-state index contributed by atoms with van der Waals surface area (Å²) in [5.74, 6) is -2.73. The number of benzene rings is 1. The molecule has 0 saturated carbocycles. The molecule has 0 aliphatic rings. The molecule has 1 N–H and O–H groups in total. The van der Waals surface area contributed by atoms with Crippen LogP contribution in [0.5, 0.6) is 5.75 Å². The van der Waals surface area contributed by atoms with Gasteiger partial charge in [0.1, 0.15) is 12.1 Å². The van der Waals surface area contributed by atoms with E-state index in [1.165, 1.54) is 0 Å². The molecule has 0 spiro atoms. The van der Waals surface area contributed by atoms with Gasteiger partial charge in [-0.15, -0.1) is 0 Å². The molecule has 1 aromatic rings. The van der Waals surface area contributed by atoms with E-state index in [4.69, 9.17) is 10.00 Å². The van der Waals surface area contributed by atoms with Crippen LogP contribution in [0.4, 0.5) is 14.5 Å². The Kier molecular flexibility index (Phi) is 5.55. The van der Waals surface area contributed by atoms with Gasteiger partial charge in [0.15, 0.2) is 11.6 Å². The zero-order chi connectivity index (χ0) is 16.0. The predicted octanol–water partition coefficient (Wildman–Crippen LogP) is 2.53. The van der Waals surface area contributed by atoms with Crippen LogP contribution in [-0.2, 0) is 0 Å². The predicted molar refractivity (Wildman–Crippen MR) is 70.8 cm³/mol. The normalized spacial score (nSPS) is 13.3. The summed E-state index contributed by atoms with van der Waals surface area (Å²) in [4.78, 5) is 9.45. The van der Waals surface area contributed by atoms with Crippen LogP contribution < -0.4 is 10.1 Å². The van der Waals surface area contributed by atoms with Crippen molar-refractivity contribution in [1.82, 2.24) is 5.32 Å². The molecule has 1 rings (SSSR count). The quantitative estimate of drug-likeness (QED) is 0.617. The molecule has 0 aliphatic carbocycles. The molecule has 1 atom stereocenters. The first-order valence-corrected chi connectivity index (χ1v) is 6.25. The third-order valence-corrected chi connectivity index (χ3v) is 2.73. The van der Waals surface area contributed by atoms with Crippen LogP contribution in [0.2, 0.25) is 0 Å². The zero-order valence-electron chi connectivity index (χ0n) is 11.7. The van der Waals surface area contributed by atoms with Gasteiger partial charge in [-0.2, -0.15) is 9.65 Å². The summed E-state index contributed by atoms with van der Waals surface area (Å²) < 4.78 is 32.1. The van der Waals surface area contributed by atoms with Gasteiger partial charge in [0, 0.05) is 6.07 Å². The Morgan fingerprint density at radius 1 is 1.48 bits per heavy atom. The summed E-state index contributed by atoms with van der Waals surface area (Å²) in [6, 6.07) is 3.04. The first kappa shape index (κ1) is 16.8. The van der Waals surface area contributed by atoms with Gasteiger partial charge in [-0.25, -0.2) is 4.39 Å². The molecule has 0 radical (unpaired) electrons. The Morgan fingerprint density at radius 2 is 2.14 bits per heavy atom. The van der Waals surface area contributed by atoms with Crippen molar-refractivity contribution in [2.24, 2.45) is 0 Å². The van der Waals surface area contributed by atoms with E-state index in [1.54, 1.807) is 6.92 Å². The van der Waals surface area contributed by atoms with Crippen LogP contribution in [0.25, 0.3) is 0 Å². The Hall–Kier alpha value is -2.27. The lowest BCUT2D eigenvalue weighted by molar-refractivity contribution is -0.387. The molecule has 1 aromatic carbocycles. The molecule has 0 fully saturated rings. The second-order valence-corrected chi connectivity index (χ2v) is 4.65. The fourth-order valence-corrected chi connectivity index (χ4v) is 1.51. The SMILES string of the molecule is CCCNC(C)(C#N)COc1cc(F)c([N+](=O)[O-])cc1F. The molecule has 0 heterocycles. The van der Waals surface area contributed by atoms with Crippen molar-refractivity contribution in [3.63, 3.8) is 0 Å². The number of nitro benzene ring substituents is 1. The van der Waals surface area contributed by atoms with Crippen LogP contribution in [-0.4, -0.2) is 23.6 Å². The van der Waals surface area contributed by atoms with Gasteiger partial charge < -0.3 is 4.74 Å². The van der Waals surface area contributed by atoms with Gasteiger partial charge in [-0.3, -0.25) is 15.4 Å². The van der Waals surface area contributed by atoms with Crippen molar-refractivity contribution in [2.75, 3.05) is 13.2 Å². The van der Waals surface area contributed by atoms with Gasteiger partial charge in [0.05, 0.1) is 17.1 Å². The summed E-state index contributed by atoms with van der Waals surface area (Å²) in [7, 11) is 0. The van der Waals surface area contributed by atoms with Crippen LogP contribution in [0.3, 0.4) is 0 Å². The van der Waals surface area contributed by atoms with Gasteiger partial charge in [-0.05, 0) is 19.9 Å². The molecule has 0 bridgehead atoms. The number of nitrogens with zero attached hydrogens (tertiary/aromatic N) is 2. The van der Waals surface area contributed by atoms with E-state index in [-0.39, 0.29) is 6.61 Å². The van der Waals surface area contributed by atoms with E-state index in [0.29, 0.717) is 18.7 Å². The number of nitro groups is 1. The van der Waals surface area contributed by atoms with Crippen molar-refractivity contribution in [3.8, 4) is 11.8 Å². The molecule has 0 aromatic heterocycles. The highest BCUT2D eigenvalue weighted by Gasteiger charge is 2.26. The summed E-state index contributed by atoms with van der Waals surface area (Å²) >= 11 is 0. The third kappa shape index (κ3) is 4.36.